The van der Waals surface area contributed by atoms with Crippen molar-refractivity contribution in [2.45, 2.75) is 11.8 Å². The largest absolute Gasteiger partial charge is 0.478 e. The van der Waals surface area contributed by atoms with Crippen LogP contribution in [0.4, 0.5) is 15.8 Å². The maximum atomic E-state index is 12.9. The minimum Gasteiger partial charge on any atom is -0.478 e. The number of carboxylic acids is 1. The number of fused-ring (bicyclic) bond motifs is 1. The van der Waals surface area contributed by atoms with Crippen LogP contribution in [0.15, 0.2) is 42.5 Å². The zero-order valence-corrected chi connectivity index (χ0v) is 14.2. The lowest BCUT2D eigenvalue weighted by Gasteiger charge is -2.26. The molecule has 0 saturated heterocycles. The van der Waals surface area contributed by atoms with Gasteiger partial charge in [-0.15, -0.1) is 0 Å². The van der Waals surface area contributed by atoms with Gasteiger partial charge in [-0.05, 0) is 35.9 Å². The number of hydrogen-bond acceptors (Lipinski definition) is 5. The van der Waals surface area contributed by atoms with Crippen molar-refractivity contribution >= 4 is 33.1 Å². The number of carbonyl (C=O) groups is 2. The van der Waals surface area contributed by atoms with E-state index in [4.69, 9.17) is 5.11 Å². The minimum atomic E-state index is -3.64. The van der Waals surface area contributed by atoms with Crippen LogP contribution in [-0.4, -0.2) is 37.2 Å². The molecule has 1 unspecified atom stereocenters. The Balaban J connectivity index is 1.74. The molecule has 1 amide bonds. The number of carbonyl (C=O) groups excluding carboxylic acids is 1. The number of rotatable bonds is 5. The normalized spacial score (nSPS) is 16.3. The molecular formula is C17H15FN2O5S. The van der Waals surface area contributed by atoms with Crippen LogP contribution >= 0.6 is 0 Å². The van der Waals surface area contributed by atoms with Gasteiger partial charge in [0.05, 0.1) is 28.4 Å². The van der Waals surface area contributed by atoms with Crippen LogP contribution in [0, 0.1) is 5.82 Å². The summed E-state index contributed by atoms with van der Waals surface area (Å²) >= 11 is 0. The predicted molar refractivity (Wildman–Crippen MR) is 93.3 cm³/mol. The Morgan fingerprint density at radius 1 is 1.12 bits per heavy atom. The molecule has 0 aromatic heterocycles. The lowest BCUT2D eigenvalue weighted by atomic mass is 10.1. The van der Waals surface area contributed by atoms with E-state index in [9.17, 15) is 22.4 Å². The molecule has 0 fully saturated rings. The lowest BCUT2D eigenvalue weighted by Crippen LogP contribution is -2.43. The molecule has 2 aromatic carbocycles. The first-order chi connectivity index (χ1) is 12.2. The average Bonchev–Trinajstić information content (AvgIpc) is 2.56. The zero-order chi connectivity index (χ0) is 18.9. The van der Waals surface area contributed by atoms with E-state index in [1.807, 2.05) is 0 Å². The highest BCUT2D eigenvalue weighted by molar-refractivity contribution is 7.90. The van der Waals surface area contributed by atoms with Crippen LogP contribution in [0.3, 0.4) is 0 Å². The molecule has 26 heavy (non-hydrogen) atoms. The number of anilines is 2. The zero-order valence-electron chi connectivity index (χ0n) is 13.4. The Morgan fingerprint density at radius 3 is 2.46 bits per heavy atom. The van der Waals surface area contributed by atoms with Gasteiger partial charge < -0.3 is 15.7 Å². The second kappa shape index (κ2) is 6.75. The Hall–Kier alpha value is -2.94. The summed E-state index contributed by atoms with van der Waals surface area (Å²) < 4.78 is 37.6. The Kier molecular flexibility index (Phi) is 4.64. The van der Waals surface area contributed by atoms with Gasteiger partial charge in [-0.2, -0.15) is 0 Å². The number of hydrogen-bond donors (Lipinski definition) is 3. The van der Waals surface area contributed by atoms with Crippen LogP contribution in [0.2, 0.25) is 0 Å². The molecule has 1 aliphatic heterocycles. The number of amides is 1. The molecule has 0 saturated carbocycles. The van der Waals surface area contributed by atoms with Crippen LogP contribution < -0.4 is 10.6 Å². The van der Waals surface area contributed by atoms with E-state index >= 15 is 0 Å². The molecule has 1 atom stereocenters. The fourth-order valence-corrected chi connectivity index (χ4v) is 4.21. The quantitative estimate of drug-likeness (QED) is 0.732. The van der Waals surface area contributed by atoms with Gasteiger partial charge in [0.1, 0.15) is 11.9 Å². The van der Waals surface area contributed by atoms with Gasteiger partial charge in [0.25, 0.3) is 0 Å². The number of carboxylic acid groups (broad SMARTS) is 1. The topological polar surface area (TPSA) is 113 Å². The minimum absolute atomic E-state index is 0.00762. The van der Waals surface area contributed by atoms with Crippen molar-refractivity contribution in [1.29, 1.82) is 0 Å². The summed E-state index contributed by atoms with van der Waals surface area (Å²) in [5, 5.41) is 14.3. The van der Waals surface area contributed by atoms with Crippen molar-refractivity contribution in [3.63, 3.8) is 0 Å². The summed E-state index contributed by atoms with van der Waals surface area (Å²) in [6.07, 6.45) is 0. The maximum Gasteiger partial charge on any atom is 0.335 e. The first-order valence-corrected chi connectivity index (χ1v) is 9.45. The number of benzene rings is 2. The first kappa shape index (κ1) is 17.9. The summed E-state index contributed by atoms with van der Waals surface area (Å²) in [5.41, 5.74) is 1.15. The summed E-state index contributed by atoms with van der Waals surface area (Å²) in [4.78, 5) is 23.2. The second-order valence-corrected chi connectivity index (χ2v) is 8.04. The molecule has 1 heterocycles. The first-order valence-electron chi connectivity index (χ1n) is 7.63. The van der Waals surface area contributed by atoms with E-state index in [0.717, 1.165) is 0 Å². The molecular weight excluding hydrogens is 363 g/mol. The SMILES string of the molecule is O=C(O)c1ccc2c(c1)NC(=O)C(CS(=O)(=O)Cc1ccc(F)cc1)N2. The standard InChI is InChI=1S/C17H15FN2O5S/c18-12-4-1-10(2-5-12)8-26(24,25)9-15-16(21)20-14-7-11(17(22)23)3-6-13(14)19-15/h1-7,15,19H,8-9H2,(H,20,21)(H,22,23). The number of halogens is 1. The smallest absolute Gasteiger partial charge is 0.335 e. The van der Waals surface area contributed by atoms with Gasteiger partial charge in [0.2, 0.25) is 5.91 Å². The van der Waals surface area contributed by atoms with Gasteiger partial charge in [-0.3, -0.25) is 4.79 Å². The van der Waals surface area contributed by atoms with Crippen molar-refractivity contribution in [2.75, 3.05) is 16.4 Å². The van der Waals surface area contributed by atoms with Crippen molar-refractivity contribution in [1.82, 2.24) is 0 Å². The van der Waals surface area contributed by atoms with E-state index in [1.54, 1.807) is 0 Å². The highest BCUT2D eigenvalue weighted by atomic mass is 32.2. The molecule has 1 aliphatic rings. The monoisotopic (exact) mass is 378 g/mol. The number of nitrogens with one attached hydrogen (secondary N) is 2. The van der Waals surface area contributed by atoms with Gasteiger partial charge in [0.15, 0.2) is 9.84 Å². The summed E-state index contributed by atoms with van der Waals surface area (Å²) in [6, 6.07) is 8.22. The highest BCUT2D eigenvalue weighted by Crippen LogP contribution is 2.28. The predicted octanol–water partition coefficient (Wildman–Crippen LogP) is 1.87. The summed E-state index contributed by atoms with van der Waals surface area (Å²) in [7, 11) is -3.64. The van der Waals surface area contributed by atoms with Crippen molar-refractivity contribution < 1.29 is 27.5 Å². The number of aromatic carboxylic acids is 1. The third-order valence-corrected chi connectivity index (χ3v) is 5.51. The molecule has 7 nitrogen and oxygen atoms in total. The fraction of sp³-hybridized carbons (Fsp3) is 0.176. The molecule has 3 rings (SSSR count). The van der Waals surface area contributed by atoms with E-state index in [2.05, 4.69) is 10.6 Å². The highest BCUT2D eigenvalue weighted by Gasteiger charge is 2.30. The maximum absolute atomic E-state index is 12.9. The fourth-order valence-electron chi connectivity index (χ4n) is 2.64. The molecule has 0 spiro atoms. The van der Waals surface area contributed by atoms with Crippen molar-refractivity contribution in [3.05, 3.63) is 59.4 Å². The average molecular weight is 378 g/mol. The third kappa shape index (κ3) is 3.99. The molecule has 3 N–H and O–H groups in total. The van der Waals surface area contributed by atoms with E-state index < -0.39 is 39.3 Å². The molecule has 9 heteroatoms. The molecule has 0 aliphatic carbocycles. The Labute approximate surface area is 148 Å². The second-order valence-electron chi connectivity index (χ2n) is 5.93. The summed E-state index contributed by atoms with van der Waals surface area (Å²) in [6.45, 7) is 0. The Morgan fingerprint density at radius 2 is 1.81 bits per heavy atom. The third-order valence-electron chi connectivity index (χ3n) is 3.89. The lowest BCUT2D eigenvalue weighted by molar-refractivity contribution is -0.116. The van der Waals surface area contributed by atoms with E-state index in [1.165, 1.54) is 42.5 Å². The van der Waals surface area contributed by atoms with Gasteiger partial charge in [0, 0.05) is 0 Å². The van der Waals surface area contributed by atoms with Crippen LogP contribution in [0.1, 0.15) is 15.9 Å². The van der Waals surface area contributed by atoms with E-state index in [0.29, 0.717) is 11.3 Å². The molecule has 0 radical (unpaired) electrons. The van der Waals surface area contributed by atoms with Crippen LogP contribution in [0.5, 0.6) is 0 Å². The molecule has 0 bridgehead atoms. The van der Waals surface area contributed by atoms with Gasteiger partial charge in [-0.25, -0.2) is 17.6 Å². The van der Waals surface area contributed by atoms with Gasteiger partial charge >= 0.3 is 5.97 Å². The van der Waals surface area contributed by atoms with Crippen LogP contribution in [-0.2, 0) is 20.4 Å². The van der Waals surface area contributed by atoms with E-state index in [-0.39, 0.29) is 17.0 Å². The van der Waals surface area contributed by atoms with Crippen molar-refractivity contribution in [2.24, 2.45) is 0 Å². The van der Waals surface area contributed by atoms with Gasteiger partial charge in [-0.1, -0.05) is 12.1 Å². The van der Waals surface area contributed by atoms with Crippen LogP contribution in [0.25, 0.3) is 0 Å². The van der Waals surface area contributed by atoms with Crippen molar-refractivity contribution in [3.8, 4) is 0 Å². The summed E-state index contributed by atoms with van der Waals surface area (Å²) in [5.74, 6) is -2.93. The number of sulfone groups is 1. The molecule has 136 valence electrons. The molecule has 2 aromatic rings. The Bertz CT molecular complexity index is 973.